The largest absolute Gasteiger partial charge is 0.359 e. The zero-order valence-corrected chi connectivity index (χ0v) is 15.1. The van der Waals surface area contributed by atoms with E-state index in [0.717, 1.165) is 27.7 Å². The molecule has 0 bridgehead atoms. The number of nitrogens with one attached hydrogen (secondary N) is 1. The Morgan fingerprint density at radius 1 is 1.15 bits per heavy atom. The molecule has 27 heavy (non-hydrogen) atoms. The molecule has 4 aromatic rings. The smallest absolute Gasteiger partial charge is 0.252 e. The molecule has 0 aliphatic carbocycles. The van der Waals surface area contributed by atoms with Gasteiger partial charge in [-0.1, -0.05) is 16.8 Å². The first kappa shape index (κ1) is 16.9. The highest BCUT2D eigenvalue weighted by Crippen LogP contribution is 2.25. The van der Waals surface area contributed by atoms with E-state index in [-0.39, 0.29) is 12.5 Å². The van der Waals surface area contributed by atoms with Gasteiger partial charge < -0.3 is 9.84 Å². The Morgan fingerprint density at radius 3 is 2.78 bits per heavy atom. The fourth-order valence-electron chi connectivity index (χ4n) is 2.95. The molecule has 0 radical (unpaired) electrons. The van der Waals surface area contributed by atoms with E-state index in [1.807, 2.05) is 44.2 Å². The molecule has 1 amide bonds. The normalized spacial score (nSPS) is 10.9. The van der Waals surface area contributed by atoms with E-state index < -0.39 is 0 Å². The first-order valence-electron chi connectivity index (χ1n) is 8.62. The summed E-state index contributed by atoms with van der Waals surface area (Å²) in [5, 5.41) is 7.56. The number of pyridine rings is 2. The highest BCUT2D eigenvalue weighted by molar-refractivity contribution is 6.07. The number of aryl methyl sites for hydroxylation is 2. The van der Waals surface area contributed by atoms with Crippen molar-refractivity contribution in [2.75, 3.05) is 0 Å². The molecule has 3 heterocycles. The zero-order valence-electron chi connectivity index (χ0n) is 15.1. The Bertz CT molecular complexity index is 1120. The number of rotatable bonds is 4. The molecule has 3 aromatic heterocycles. The van der Waals surface area contributed by atoms with Gasteiger partial charge in [0.05, 0.1) is 29.0 Å². The predicted molar refractivity (Wildman–Crippen MR) is 102 cm³/mol. The fourth-order valence-corrected chi connectivity index (χ4v) is 2.95. The minimum Gasteiger partial charge on any atom is -0.359 e. The van der Waals surface area contributed by atoms with Gasteiger partial charge in [0.15, 0.2) is 5.76 Å². The van der Waals surface area contributed by atoms with Crippen LogP contribution in [0.4, 0.5) is 0 Å². The van der Waals surface area contributed by atoms with Crippen LogP contribution in [0.25, 0.3) is 22.2 Å². The number of aromatic nitrogens is 3. The molecule has 0 spiro atoms. The molecular weight excluding hydrogens is 340 g/mol. The van der Waals surface area contributed by atoms with Crippen molar-refractivity contribution in [3.8, 4) is 11.3 Å². The number of carbonyl (C=O) groups is 1. The summed E-state index contributed by atoms with van der Waals surface area (Å²) >= 11 is 0. The van der Waals surface area contributed by atoms with Crippen LogP contribution in [0.5, 0.6) is 0 Å². The maximum atomic E-state index is 12.9. The highest BCUT2D eigenvalue weighted by Gasteiger charge is 2.15. The fraction of sp³-hybridized carbons (Fsp3) is 0.143. The molecule has 6 heteroatoms. The van der Waals surface area contributed by atoms with Gasteiger partial charge in [-0.3, -0.25) is 9.78 Å². The van der Waals surface area contributed by atoms with E-state index in [4.69, 9.17) is 9.51 Å². The lowest BCUT2D eigenvalue weighted by Crippen LogP contribution is -2.23. The van der Waals surface area contributed by atoms with E-state index in [1.54, 1.807) is 24.5 Å². The number of hydrogen-bond acceptors (Lipinski definition) is 5. The average Bonchev–Trinajstić information content (AvgIpc) is 3.11. The highest BCUT2D eigenvalue weighted by atomic mass is 16.5. The zero-order chi connectivity index (χ0) is 18.8. The van der Waals surface area contributed by atoms with Gasteiger partial charge in [-0.05, 0) is 44.2 Å². The lowest BCUT2D eigenvalue weighted by atomic mass is 10.0. The lowest BCUT2D eigenvalue weighted by Gasteiger charge is -2.10. The van der Waals surface area contributed by atoms with Gasteiger partial charge in [0, 0.05) is 29.4 Å². The summed E-state index contributed by atoms with van der Waals surface area (Å²) < 4.78 is 5.16. The van der Waals surface area contributed by atoms with Crippen LogP contribution in [0.2, 0.25) is 0 Å². The van der Waals surface area contributed by atoms with Crippen molar-refractivity contribution in [2.45, 2.75) is 20.4 Å². The topological polar surface area (TPSA) is 80.9 Å². The van der Waals surface area contributed by atoms with Gasteiger partial charge in [0.1, 0.15) is 0 Å². The molecule has 0 atom stereocenters. The number of amides is 1. The van der Waals surface area contributed by atoms with Crippen molar-refractivity contribution in [2.24, 2.45) is 0 Å². The average molecular weight is 358 g/mol. The Kier molecular flexibility index (Phi) is 4.38. The Balaban J connectivity index is 1.74. The third-order valence-corrected chi connectivity index (χ3v) is 4.27. The molecule has 6 nitrogen and oxygen atoms in total. The molecule has 0 aliphatic heterocycles. The van der Waals surface area contributed by atoms with Gasteiger partial charge >= 0.3 is 0 Å². The van der Waals surface area contributed by atoms with Crippen LogP contribution in [-0.2, 0) is 6.54 Å². The van der Waals surface area contributed by atoms with Gasteiger partial charge in [-0.25, -0.2) is 4.98 Å². The maximum Gasteiger partial charge on any atom is 0.252 e. The van der Waals surface area contributed by atoms with Gasteiger partial charge in [0.25, 0.3) is 5.91 Å². The summed E-state index contributed by atoms with van der Waals surface area (Å²) in [7, 11) is 0. The monoisotopic (exact) mass is 358 g/mol. The SMILES string of the molecule is Cc1ccc2nc(-c3cccnc3)cc(C(=O)NCc3cc(C)no3)c2c1. The van der Waals surface area contributed by atoms with Crippen LogP contribution >= 0.6 is 0 Å². The van der Waals surface area contributed by atoms with Crippen LogP contribution in [0.3, 0.4) is 0 Å². The second-order valence-corrected chi connectivity index (χ2v) is 6.43. The van der Waals surface area contributed by atoms with Crippen LogP contribution in [0, 0.1) is 13.8 Å². The Labute approximate surface area is 156 Å². The standard InChI is InChI=1S/C21H18N4O2/c1-13-5-6-19-17(8-13)18(10-20(24-19)15-4-3-7-22-11-15)21(26)23-12-16-9-14(2)25-27-16/h3-11H,12H2,1-2H3,(H,23,26). The van der Waals surface area contributed by atoms with Crippen molar-refractivity contribution in [1.82, 2.24) is 20.4 Å². The van der Waals surface area contributed by atoms with Gasteiger partial charge in [-0.15, -0.1) is 0 Å². The number of carbonyl (C=O) groups excluding carboxylic acids is 1. The number of fused-ring (bicyclic) bond motifs is 1. The molecule has 4 rings (SSSR count). The second kappa shape index (κ2) is 6.99. The summed E-state index contributed by atoms with van der Waals surface area (Å²) in [5.74, 6) is 0.426. The van der Waals surface area contributed by atoms with Crippen LogP contribution in [0.1, 0.15) is 27.4 Å². The number of nitrogens with zero attached hydrogens (tertiary/aromatic N) is 3. The van der Waals surface area contributed by atoms with E-state index in [0.29, 0.717) is 17.0 Å². The predicted octanol–water partition coefficient (Wildman–Crippen LogP) is 3.83. The summed E-state index contributed by atoms with van der Waals surface area (Å²) in [4.78, 5) is 21.8. The van der Waals surface area contributed by atoms with Crippen LogP contribution in [-0.4, -0.2) is 21.0 Å². The first-order valence-corrected chi connectivity index (χ1v) is 8.62. The van der Waals surface area contributed by atoms with Crippen LogP contribution in [0.15, 0.2) is 59.4 Å². The molecule has 1 aromatic carbocycles. The van der Waals surface area contributed by atoms with E-state index in [2.05, 4.69) is 15.5 Å². The molecule has 0 saturated carbocycles. The minimum absolute atomic E-state index is 0.188. The molecule has 134 valence electrons. The molecular formula is C21H18N4O2. The van der Waals surface area contributed by atoms with Crippen molar-refractivity contribution in [1.29, 1.82) is 0 Å². The third-order valence-electron chi connectivity index (χ3n) is 4.27. The van der Waals surface area contributed by atoms with E-state index in [1.165, 1.54) is 0 Å². The van der Waals surface area contributed by atoms with E-state index in [9.17, 15) is 4.79 Å². The van der Waals surface area contributed by atoms with Crippen molar-refractivity contribution >= 4 is 16.8 Å². The third kappa shape index (κ3) is 3.55. The van der Waals surface area contributed by atoms with Crippen molar-refractivity contribution < 1.29 is 9.32 Å². The van der Waals surface area contributed by atoms with Crippen LogP contribution < -0.4 is 5.32 Å². The lowest BCUT2D eigenvalue weighted by molar-refractivity contribution is 0.0948. The molecule has 0 aliphatic rings. The van der Waals surface area contributed by atoms with Crippen molar-refractivity contribution in [3.05, 3.63) is 77.4 Å². The van der Waals surface area contributed by atoms with Gasteiger partial charge in [0.2, 0.25) is 0 Å². The second-order valence-electron chi connectivity index (χ2n) is 6.43. The molecule has 0 saturated heterocycles. The molecule has 0 fully saturated rings. The van der Waals surface area contributed by atoms with Gasteiger partial charge in [-0.2, -0.15) is 0 Å². The van der Waals surface area contributed by atoms with E-state index >= 15 is 0 Å². The number of benzene rings is 1. The minimum atomic E-state index is -0.188. The summed E-state index contributed by atoms with van der Waals surface area (Å²) in [6.07, 6.45) is 3.45. The van der Waals surface area contributed by atoms with Crippen molar-refractivity contribution in [3.63, 3.8) is 0 Å². The molecule has 1 N–H and O–H groups in total. The number of hydrogen-bond donors (Lipinski definition) is 1. The Hall–Kier alpha value is -3.54. The first-order chi connectivity index (χ1) is 13.1. The Morgan fingerprint density at radius 2 is 2.04 bits per heavy atom. The quantitative estimate of drug-likeness (QED) is 0.600. The summed E-state index contributed by atoms with van der Waals surface area (Å²) in [6.45, 7) is 4.11. The maximum absolute atomic E-state index is 12.9. The summed E-state index contributed by atoms with van der Waals surface area (Å²) in [5.41, 5.74) is 4.75. The molecule has 0 unspecified atom stereocenters. The summed E-state index contributed by atoms with van der Waals surface area (Å²) in [6, 6.07) is 13.3.